The van der Waals surface area contributed by atoms with Gasteiger partial charge in [-0.15, -0.1) is 11.3 Å². The van der Waals surface area contributed by atoms with E-state index < -0.39 is 5.97 Å². The molecule has 0 saturated carbocycles. The fraction of sp³-hybridized carbons (Fsp3) is 0.176. The lowest BCUT2D eigenvalue weighted by Crippen LogP contribution is -2.00. The van der Waals surface area contributed by atoms with Crippen molar-refractivity contribution >= 4 is 28.1 Å². The van der Waals surface area contributed by atoms with Gasteiger partial charge in [0.25, 0.3) is 0 Å². The van der Waals surface area contributed by atoms with Crippen LogP contribution in [0.25, 0.3) is 10.8 Å². The molecule has 0 bridgehead atoms. The lowest BCUT2D eigenvalue weighted by atomic mass is 10.0. The molecule has 1 aromatic heterocycles. The first-order valence-electron chi connectivity index (χ1n) is 6.87. The molecule has 0 aliphatic heterocycles. The first-order valence-corrected chi connectivity index (χ1v) is 7.69. The molecule has 4 heteroatoms. The zero-order valence-corrected chi connectivity index (χ0v) is 12.5. The minimum absolute atomic E-state index is 0.361. The molecular weight excluding hydrogens is 282 g/mol. The van der Waals surface area contributed by atoms with Crippen molar-refractivity contribution < 1.29 is 9.90 Å². The van der Waals surface area contributed by atoms with Crippen molar-refractivity contribution in [1.29, 1.82) is 0 Å². The third-order valence-corrected chi connectivity index (χ3v) is 4.71. The van der Waals surface area contributed by atoms with E-state index in [1.807, 2.05) is 31.2 Å². The van der Waals surface area contributed by atoms with Crippen LogP contribution in [0, 0.1) is 0 Å². The fourth-order valence-corrected chi connectivity index (χ4v) is 3.32. The van der Waals surface area contributed by atoms with Crippen LogP contribution in [0.1, 0.15) is 32.9 Å². The number of benzene rings is 2. The highest BCUT2D eigenvalue weighted by molar-refractivity contribution is 7.13. The van der Waals surface area contributed by atoms with Crippen molar-refractivity contribution in [2.24, 2.45) is 0 Å². The van der Waals surface area contributed by atoms with E-state index in [-0.39, 0.29) is 0 Å². The molecule has 0 fully saturated rings. The van der Waals surface area contributed by atoms with Gasteiger partial charge in [0.2, 0.25) is 0 Å². The first-order chi connectivity index (χ1) is 10.2. The quantitative estimate of drug-likeness (QED) is 0.787. The van der Waals surface area contributed by atoms with Gasteiger partial charge in [0.15, 0.2) is 0 Å². The summed E-state index contributed by atoms with van der Waals surface area (Å²) < 4.78 is 0. The molecule has 106 valence electrons. The van der Waals surface area contributed by atoms with E-state index in [9.17, 15) is 9.90 Å². The van der Waals surface area contributed by atoms with Gasteiger partial charge < -0.3 is 5.11 Å². The molecule has 0 unspecified atom stereocenters. The summed E-state index contributed by atoms with van der Waals surface area (Å²) in [5.41, 5.74) is 1.78. The Morgan fingerprint density at radius 3 is 2.71 bits per heavy atom. The van der Waals surface area contributed by atoms with Crippen LogP contribution in [0.2, 0.25) is 0 Å². The topological polar surface area (TPSA) is 50.2 Å². The van der Waals surface area contributed by atoms with Gasteiger partial charge in [-0.05, 0) is 22.8 Å². The van der Waals surface area contributed by atoms with Crippen molar-refractivity contribution in [2.75, 3.05) is 0 Å². The Bertz CT molecular complexity index is 802. The van der Waals surface area contributed by atoms with Gasteiger partial charge in [-0.25, -0.2) is 9.78 Å². The molecule has 3 aromatic rings. The maximum Gasteiger partial charge on any atom is 0.347 e. The maximum absolute atomic E-state index is 11.4. The highest BCUT2D eigenvalue weighted by atomic mass is 32.1. The Morgan fingerprint density at radius 1 is 1.19 bits per heavy atom. The molecule has 3 rings (SSSR count). The average Bonchev–Trinajstić information content (AvgIpc) is 2.91. The fourth-order valence-electron chi connectivity index (χ4n) is 2.47. The largest absolute Gasteiger partial charge is 0.477 e. The number of rotatable bonds is 4. The van der Waals surface area contributed by atoms with Crippen molar-refractivity contribution in [3.8, 4) is 0 Å². The van der Waals surface area contributed by atoms with Crippen molar-refractivity contribution in [3.63, 3.8) is 0 Å². The number of nitrogens with zero attached hydrogens (tertiary/aromatic N) is 1. The molecule has 0 spiro atoms. The standard InChI is InChI=1S/C17H15NO2S/c1-2-15-18-14(16(21-15)17(19)20)10-12-8-5-7-11-6-3-4-9-13(11)12/h3-9H,2,10H2,1H3,(H,19,20). The number of carboxylic acids is 1. The van der Waals surface area contributed by atoms with Crippen LogP contribution in [0.3, 0.4) is 0 Å². The zero-order chi connectivity index (χ0) is 14.8. The summed E-state index contributed by atoms with van der Waals surface area (Å²) >= 11 is 1.28. The highest BCUT2D eigenvalue weighted by Crippen LogP contribution is 2.25. The van der Waals surface area contributed by atoms with E-state index in [1.54, 1.807) is 0 Å². The molecule has 0 aliphatic carbocycles. The van der Waals surface area contributed by atoms with E-state index >= 15 is 0 Å². The number of hydrogen-bond donors (Lipinski definition) is 1. The van der Waals surface area contributed by atoms with Crippen LogP contribution in [-0.2, 0) is 12.8 Å². The van der Waals surface area contributed by atoms with Crippen molar-refractivity contribution in [3.05, 3.63) is 63.6 Å². The smallest absolute Gasteiger partial charge is 0.347 e. The van der Waals surface area contributed by atoms with Crippen LogP contribution in [0.4, 0.5) is 0 Å². The molecule has 1 N–H and O–H groups in total. The molecular formula is C17H15NO2S. The summed E-state index contributed by atoms with van der Waals surface area (Å²) in [6.45, 7) is 1.99. The van der Waals surface area contributed by atoms with Gasteiger partial charge in [-0.3, -0.25) is 0 Å². The van der Waals surface area contributed by atoms with E-state index in [2.05, 4.69) is 23.2 Å². The molecule has 0 radical (unpaired) electrons. The molecule has 0 amide bonds. The van der Waals surface area contributed by atoms with Gasteiger partial charge in [0, 0.05) is 6.42 Å². The average molecular weight is 297 g/mol. The number of carboxylic acid groups (broad SMARTS) is 1. The van der Waals surface area contributed by atoms with E-state index in [4.69, 9.17) is 0 Å². The predicted molar refractivity (Wildman–Crippen MR) is 85.2 cm³/mol. The molecule has 0 saturated heterocycles. The maximum atomic E-state index is 11.4. The van der Waals surface area contributed by atoms with Crippen LogP contribution < -0.4 is 0 Å². The summed E-state index contributed by atoms with van der Waals surface area (Å²) in [5.74, 6) is -0.887. The summed E-state index contributed by atoms with van der Waals surface area (Å²) in [5, 5.41) is 12.5. The monoisotopic (exact) mass is 297 g/mol. The first kappa shape index (κ1) is 13.8. The number of aromatic carboxylic acids is 1. The van der Waals surface area contributed by atoms with Gasteiger partial charge in [-0.1, -0.05) is 49.4 Å². The Hall–Kier alpha value is -2.20. The second-order valence-electron chi connectivity index (χ2n) is 4.86. The van der Waals surface area contributed by atoms with Gasteiger partial charge in [0.1, 0.15) is 4.88 Å². The number of aromatic nitrogens is 1. The van der Waals surface area contributed by atoms with E-state index in [1.165, 1.54) is 11.3 Å². The minimum Gasteiger partial charge on any atom is -0.477 e. The van der Waals surface area contributed by atoms with Crippen molar-refractivity contribution in [1.82, 2.24) is 4.98 Å². The lowest BCUT2D eigenvalue weighted by Gasteiger charge is -2.05. The Kier molecular flexibility index (Phi) is 3.71. The summed E-state index contributed by atoms with van der Waals surface area (Å²) in [6.07, 6.45) is 1.32. The Labute approximate surface area is 126 Å². The summed E-state index contributed by atoms with van der Waals surface area (Å²) in [4.78, 5) is 16.2. The summed E-state index contributed by atoms with van der Waals surface area (Å²) in [6, 6.07) is 14.3. The zero-order valence-electron chi connectivity index (χ0n) is 11.7. The van der Waals surface area contributed by atoms with E-state index in [0.717, 1.165) is 27.8 Å². The third kappa shape index (κ3) is 2.67. The van der Waals surface area contributed by atoms with Crippen LogP contribution >= 0.6 is 11.3 Å². The Balaban J connectivity index is 2.06. The molecule has 3 nitrogen and oxygen atoms in total. The normalized spacial score (nSPS) is 10.9. The predicted octanol–water partition coefficient (Wildman–Crippen LogP) is 4.15. The molecule has 2 aromatic carbocycles. The Morgan fingerprint density at radius 2 is 1.95 bits per heavy atom. The number of fused-ring (bicyclic) bond motifs is 1. The molecule has 0 atom stereocenters. The van der Waals surface area contributed by atoms with Gasteiger partial charge in [0.05, 0.1) is 10.7 Å². The summed E-state index contributed by atoms with van der Waals surface area (Å²) in [7, 11) is 0. The number of thiazole rings is 1. The molecule has 21 heavy (non-hydrogen) atoms. The number of aryl methyl sites for hydroxylation is 1. The second kappa shape index (κ2) is 5.66. The second-order valence-corrected chi connectivity index (χ2v) is 5.94. The lowest BCUT2D eigenvalue weighted by molar-refractivity contribution is 0.0701. The van der Waals surface area contributed by atoms with Gasteiger partial charge >= 0.3 is 5.97 Å². The highest BCUT2D eigenvalue weighted by Gasteiger charge is 2.17. The van der Waals surface area contributed by atoms with Crippen LogP contribution in [-0.4, -0.2) is 16.1 Å². The van der Waals surface area contributed by atoms with Crippen LogP contribution in [0.15, 0.2) is 42.5 Å². The molecule has 1 heterocycles. The number of carbonyl (C=O) groups is 1. The van der Waals surface area contributed by atoms with Gasteiger partial charge in [-0.2, -0.15) is 0 Å². The number of hydrogen-bond acceptors (Lipinski definition) is 3. The third-order valence-electron chi connectivity index (χ3n) is 3.48. The SMILES string of the molecule is CCc1nc(Cc2cccc3ccccc23)c(C(=O)O)s1. The van der Waals surface area contributed by atoms with Crippen molar-refractivity contribution in [2.45, 2.75) is 19.8 Å². The molecule has 0 aliphatic rings. The van der Waals surface area contributed by atoms with Crippen LogP contribution in [0.5, 0.6) is 0 Å². The van der Waals surface area contributed by atoms with E-state index in [0.29, 0.717) is 17.0 Å². The minimum atomic E-state index is -0.887.